The molecule has 1 unspecified atom stereocenters. The van der Waals surface area contributed by atoms with E-state index < -0.39 is 24.0 Å². The first-order chi connectivity index (χ1) is 26.4. The molecule has 0 saturated carbocycles. The Morgan fingerprint density at radius 1 is 1.07 bits per heavy atom. The zero-order chi connectivity index (χ0) is 40.5. The van der Waals surface area contributed by atoms with Gasteiger partial charge < -0.3 is 24.2 Å². The number of carbonyl (C=O) groups is 1. The minimum Gasteiger partial charge on any atom is -0.451 e. The fraction of sp³-hybridized carbons (Fsp3) is 0.595. The maximum Gasteiger partial charge on any atom is 0.258 e. The van der Waals surface area contributed by atoms with Crippen molar-refractivity contribution in [1.29, 1.82) is 0 Å². The maximum atomic E-state index is 14.6. The molecule has 2 aromatic carbocycles. The average molecular weight is 808 g/mol. The van der Waals surface area contributed by atoms with Gasteiger partial charge in [0.1, 0.15) is 27.8 Å². The van der Waals surface area contributed by atoms with Crippen molar-refractivity contribution in [1.82, 2.24) is 24.5 Å². The van der Waals surface area contributed by atoms with Crippen molar-refractivity contribution < 1.29 is 22.9 Å². The van der Waals surface area contributed by atoms with E-state index in [4.69, 9.17) is 13.5 Å². The predicted molar refractivity (Wildman–Crippen MR) is 224 cm³/mol. The smallest absolute Gasteiger partial charge is 0.258 e. The molecule has 3 aliphatic rings. The van der Waals surface area contributed by atoms with Crippen LogP contribution in [0.4, 0.5) is 10.2 Å². The summed E-state index contributed by atoms with van der Waals surface area (Å²) in [5.41, 5.74) is 0.366. The van der Waals surface area contributed by atoms with Crippen molar-refractivity contribution in [2.75, 3.05) is 44.2 Å². The first kappa shape index (κ1) is 42.2. The number of hydrogen-bond acceptors (Lipinski definition) is 9. The quantitative estimate of drug-likeness (QED) is 0.183. The lowest BCUT2D eigenvalue weighted by molar-refractivity contribution is -0.0298. The summed E-state index contributed by atoms with van der Waals surface area (Å²) in [6, 6.07) is 13.6. The molecule has 0 bridgehead atoms. The van der Waals surface area contributed by atoms with Gasteiger partial charge in [-0.25, -0.2) is 23.3 Å². The number of hydrogen-bond donors (Lipinski definition) is 1. The van der Waals surface area contributed by atoms with Crippen molar-refractivity contribution in [3.63, 3.8) is 0 Å². The van der Waals surface area contributed by atoms with E-state index in [2.05, 4.69) is 58.4 Å². The molecular weight excluding hydrogens is 746 g/mol. The average Bonchev–Trinajstić information content (AvgIpc) is 3.12. The number of ether oxygens (including phenoxy) is 2. The number of anilines is 1. The Morgan fingerprint density at radius 2 is 1.75 bits per heavy atom. The summed E-state index contributed by atoms with van der Waals surface area (Å²) in [5, 5.41) is -0.0279. The van der Waals surface area contributed by atoms with Gasteiger partial charge in [0.25, 0.3) is 5.91 Å². The minimum absolute atomic E-state index is 0.0279. The van der Waals surface area contributed by atoms with Gasteiger partial charge in [-0.1, -0.05) is 39.0 Å². The summed E-state index contributed by atoms with van der Waals surface area (Å²) in [6.45, 7) is 23.9. The highest BCUT2D eigenvalue weighted by molar-refractivity contribution is 7.92. The summed E-state index contributed by atoms with van der Waals surface area (Å²) in [6.07, 6.45) is 7.21. The van der Waals surface area contributed by atoms with Crippen molar-refractivity contribution in [3.8, 4) is 11.5 Å². The first-order valence-electron chi connectivity index (χ1n) is 20.2. The number of nitrogens with zero attached hydrogens (tertiary/aromatic N) is 6. The highest BCUT2D eigenvalue weighted by Crippen LogP contribution is 2.45. The fourth-order valence-corrected chi connectivity index (χ4v) is 13.5. The van der Waals surface area contributed by atoms with Crippen LogP contribution in [0.5, 0.6) is 11.5 Å². The van der Waals surface area contributed by atoms with Crippen molar-refractivity contribution in [2.24, 2.45) is 9.44 Å². The molecule has 3 aliphatic heterocycles. The van der Waals surface area contributed by atoms with Gasteiger partial charge in [-0.15, -0.1) is 0 Å². The van der Waals surface area contributed by atoms with Gasteiger partial charge in [-0.2, -0.15) is 0 Å². The van der Waals surface area contributed by atoms with Crippen LogP contribution >= 0.6 is 0 Å². The molecule has 56 heavy (non-hydrogen) atoms. The third-order valence-corrected chi connectivity index (χ3v) is 20.2. The number of likely N-dealkylation sites (tertiary alicyclic amines) is 1. The molecule has 1 spiro atoms. The second-order valence-electron chi connectivity index (χ2n) is 18.1. The second kappa shape index (κ2) is 16.8. The largest absolute Gasteiger partial charge is 0.451 e. The number of rotatable bonds is 12. The second-order valence-corrected chi connectivity index (χ2v) is 25.2. The number of amides is 1. The number of benzene rings is 2. The fourth-order valence-electron chi connectivity index (χ4n) is 7.91. The normalized spacial score (nSPS) is 21.5. The van der Waals surface area contributed by atoms with Crippen molar-refractivity contribution in [3.05, 3.63) is 72.4 Å². The van der Waals surface area contributed by atoms with E-state index in [1.54, 1.807) is 11.1 Å². The molecule has 3 atom stereocenters. The van der Waals surface area contributed by atoms with Gasteiger partial charge in [-0.05, 0) is 115 Å². The summed E-state index contributed by atoms with van der Waals surface area (Å²) in [4.78, 5) is 29.6. The number of halogens is 1. The lowest BCUT2D eigenvalue weighted by atomic mass is 9.72. The van der Waals surface area contributed by atoms with E-state index in [-0.39, 0.29) is 51.9 Å². The van der Waals surface area contributed by atoms with E-state index in [9.17, 15) is 13.4 Å². The van der Waals surface area contributed by atoms with Crippen LogP contribution in [0.2, 0.25) is 18.1 Å². The van der Waals surface area contributed by atoms with Crippen LogP contribution < -0.4 is 14.4 Å². The van der Waals surface area contributed by atoms with E-state index in [1.165, 1.54) is 24.5 Å². The van der Waals surface area contributed by atoms with Crippen LogP contribution in [0.15, 0.2) is 70.0 Å². The molecule has 0 aliphatic carbocycles. The van der Waals surface area contributed by atoms with Crippen LogP contribution in [-0.2, 0) is 14.7 Å². The Morgan fingerprint density at radius 3 is 2.36 bits per heavy atom. The molecule has 306 valence electrons. The molecule has 1 amide bonds. The zero-order valence-corrected chi connectivity index (χ0v) is 36.6. The minimum atomic E-state index is -2.82. The van der Waals surface area contributed by atoms with E-state index in [0.29, 0.717) is 18.2 Å². The maximum absolute atomic E-state index is 14.6. The molecule has 3 aromatic rings. The molecule has 1 aromatic heterocycles. The van der Waals surface area contributed by atoms with Crippen LogP contribution in [0.25, 0.3) is 0 Å². The monoisotopic (exact) mass is 807 g/mol. The van der Waals surface area contributed by atoms with E-state index in [1.807, 2.05) is 58.0 Å². The van der Waals surface area contributed by atoms with E-state index >= 15 is 0 Å². The van der Waals surface area contributed by atoms with Gasteiger partial charge in [0.15, 0.2) is 19.8 Å². The predicted octanol–water partition coefficient (Wildman–Crippen LogP) is 8.15. The lowest BCUT2D eigenvalue weighted by Gasteiger charge is -2.54. The lowest BCUT2D eigenvalue weighted by Crippen LogP contribution is -2.61. The third-order valence-electron chi connectivity index (χ3n) is 12.1. The summed E-state index contributed by atoms with van der Waals surface area (Å²) in [5.74, 6) is 0.613. The standard InChI is InChI=1S/C42H62FN7O4SSi/c1-30(2)50(31(3)4)40(51)36-23-32(43)15-18-37(36)54-38-24-44-29-45-39(38)49-27-42(28-49)19-21-48(22-20-42)25-34-17-16-33(26-53-34)46-55(52,35-13-11-10-12-14-35)47-56(8,9)41(5,6)7/h10-15,18,23-24,29-31,33-34H,16-17,19-22,25-28H2,1-9H3,(H,46,47,52)/t33-,34+,55?/m1/s1. The summed E-state index contributed by atoms with van der Waals surface area (Å²) < 4.78 is 50.4. The van der Waals surface area contributed by atoms with E-state index in [0.717, 1.165) is 63.3 Å². The Hall–Kier alpha value is -3.43. The molecule has 6 rings (SSSR count). The number of carbonyl (C=O) groups excluding carboxylic acids is 1. The molecule has 3 fully saturated rings. The van der Waals surface area contributed by atoms with Crippen LogP contribution in [0.1, 0.15) is 84.5 Å². The summed E-state index contributed by atoms with van der Waals surface area (Å²) in [7, 11) is -5.05. The topological polar surface area (TPSA) is 112 Å². The number of aromatic nitrogens is 2. The van der Waals surface area contributed by atoms with Crippen molar-refractivity contribution in [2.45, 2.75) is 121 Å². The third kappa shape index (κ3) is 9.47. The molecule has 1 N–H and O–H groups in total. The van der Waals surface area contributed by atoms with Crippen LogP contribution in [0.3, 0.4) is 0 Å². The molecule has 3 saturated heterocycles. The Labute approximate surface area is 335 Å². The number of piperidine rings is 1. The number of nitrogens with one attached hydrogen (secondary N) is 1. The SMILES string of the molecule is CC(C)N(C(=O)c1cc(F)ccc1Oc1cncnc1N1CC2(CCN(C[C@@H]3CC[C@@H](NS(=O)(=N[Si](C)(C)C(C)(C)C)c4ccccc4)CO3)CC2)C1)C(C)C. The first-order valence-corrected chi connectivity index (χ1v) is 24.6. The molecule has 11 nitrogen and oxygen atoms in total. The molecule has 14 heteroatoms. The summed E-state index contributed by atoms with van der Waals surface area (Å²) >= 11 is 0. The van der Waals surface area contributed by atoms with Gasteiger partial charge >= 0.3 is 0 Å². The molecule has 4 heterocycles. The highest BCUT2D eigenvalue weighted by Gasteiger charge is 2.46. The Balaban J connectivity index is 1.02. The van der Waals surface area contributed by atoms with Crippen LogP contribution in [-0.4, -0.2) is 102 Å². The molecular formula is C42H62FN7O4SSi. The Bertz CT molecular complexity index is 1940. The highest BCUT2D eigenvalue weighted by atomic mass is 32.2. The van der Waals surface area contributed by atoms with Crippen molar-refractivity contribution >= 4 is 29.9 Å². The zero-order valence-electron chi connectivity index (χ0n) is 34.8. The van der Waals surface area contributed by atoms with Gasteiger partial charge in [0, 0.05) is 43.2 Å². The molecule has 0 radical (unpaired) electrons. The van der Waals surface area contributed by atoms with Gasteiger partial charge in [0.2, 0.25) is 0 Å². The van der Waals surface area contributed by atoms with Gasteiger partial charge in [-0.3, -0.25) is 8.82 Å². The Kier molecular flexibility index (Phi) is 12.7. The van der Waals surface area contributed by atoms with Gasteiger partial charge in [0.05, 0.1) is 29.4 Å². The van der Waals surface area contributed by atoms with Crippen LogP contribution in [0, 0.1) is 11.2 Å².